The molecular weight excluding hydrogens is 379 g/mol. The van der Waals surface area contributed by atoms with Crippen LogP contribution in [0.15, 0.2) is 79.1 Å². The molecule has 0 aliphatic heterocycles. The highest BCUT2D eigenvalue weighted by atomic mass is 19.4. The van der Waals surface area contributed by atoms with E-state index < -0.39 is 17.6 Å². The fraction of sp³-hybridized carbons (Fsp3) is 0.0455. The molecule has 1 N–H and O–H groups in total. The van der Waals surface area contributed by atoms with E-state index in [0.29, 0.717) is 22.2 Å². The van der Waals surface area contributed by atoms with E-state index >= 15 is 0 Å². The average molecular weight is 393 g/mol. The van der Waals surface area contributed by atoms with Gasteiger partial charge in [0.1, 0.15) is 5.69 Å². The third-order valence-corrected chi connectivity index (χ3v) is 4.39. The summed E-state index contributed by atoms with van der Waals surface area (Å²) in [7, 11) is 0. The number of anilines is 1. The van der Waals surface area contributed by atoms with Gasteiger partial charge in [0.25, 0.3) is 5.91 Å². The first-order chi connectivity index (χ1) is 13.9. The van der Waals surface area contributed by atoms with E-state index in [0.717, 1.165) is 6.07 Å². The van der Waals surface area contributed by atoms with Gasteiger partial charge < -0.3 is 5.32 Å². The first kappa shape index (κ1) is 18.6. The van der Waals surface area contributed by atoms with Crippen molar-refractivity contribution in [2.24, 2.45) is 0 Å². The van der Waals surface area contributed by atoms with E-state index in [-0.39, 0.29) is 11.3 Å². The average Bonchev–Trinajstić information content (AvgIpc) is 2.73. The molecule has 0 bridgehead atoms. The second kappa shape index (κ2) is 7.35. The Morgan fingerprint density at radius 2 is 1.66 bits per heavy atom. The number of nitrogens with zero attached hydrogens (tertiary/aromatic N) is 2. The molecule has 0 atom stereocenters. The Labute approximate surface area is 164 Å². The lowest BCUT2D eigenvalue weighted by atomic mass is 9.96. The topological polar surface area (TPSA) is 54.9 Å². The number of para-hydroxylation sites is 1. The van der Waals surface area contributed by atoms with Crippen LogP contribution in [0.4, 0.5) is 18.9 Å². The number of hydrogen-bond acceptors (Lipinski definition) is 3. The second-order valence-electron chi connectivity index (χ2n) is 6.31. The highest BCUT2D eigenvalue weighted by Gasteiger charge is 2.33. The number of benzene rings is 2. The summed E-state index contributed by atoms with van der Waals surface area (Å²) in [6, 6.07) is 16.9. The quantitative estimate of drug-likeness (QED) is 0.495. The summed E-state index contributed by atoms with van der Waals surface area (Å²) in [6.07, 6.45) is -1.44. The number of rotatable bonds is 3. The van der Waals surface area contributed by atoms with Crippen molar-refractivity contribution in [2.75, 3.05) is 5.32 Å². The van der Waals surface area contributed by atoms with Gasteiger partial charge >= 0.3 is 6.18 Å². The van der Waals surface area contributed by atoms with E-state index in [1.165, 1.54) is 24.4 Å². The van der Waals surface area contributed by atoms with Crippen molar-refractivity contribution in [2.45, 2.75) is 6.18 Å². The number of carbonyl (C=O) groups is 1. The predicted molar refractivity (Wildman–Crippen MR) is 104 cm³/mol. The highest BCUT2D eigenvalue weighted by molar-refractivity contribution is 6.05. The molecule has 29 heavy (non-hydrogen) atoms. The maximum atomic E-state index is 13.5. The predicted octanol–water partition coefficient (Wildman–Crippen LogP) is 5.57. The van der Waals surface area contributed by atoms with Crippen molar-refractivity contribution in [3.63, 3.8) is 0 Å². The zero-order chi connectivity index (χ0) is 20.4. The van der Waals surface area contributed by atoms with Gasteiger partial charge in [-0.05, 0) is 29.8 Å². The van der Waals surface area contributed by atoms with Gasteiger partial charge in [0, 0.05) is 17.1 Å². The van der Waals surface area contributed by atoms with Crippen LogP contribution >= 0.6 is 0 Å². The van der Waals surface area contributed by atoms with Crippen molar-refractivity contribution in [1.29, 1.82) is 0 Å². The molecular formula is C22H14F3N3O. The molecule has 2 aromatic heterocycles. The molecule has 0 unspecified atom stereocenters. The molecule has 0 aliphatic rings. The van der Waals surface area contributed by atoms with Crippen molar-refractivity contribution in [1.82, 2.24) is 9.97 Å². The minimum Gasteiger partial charge on any atom is -0.319 e. The molecule has 0 radical (unpaired) electrons. The molecule has 0 saturated carbocycles. The second-order valence-corrected chi connectivity index (χ2v) is 6.31. The lowest BCUT2D eigenvalue weighted by Gasteiger charge is -2.14. The Hall–Kier alpha value is -3.74. The number of alkyl halides is 3. The summed E-state index contributed by atoms with van der Waals surface area (Å²) in [5.74, 6) is -0.473. The molecule has 0 spiro atoms. The van der Waals surface area contributed by atoms with Gasteiger partial charge in [-0.1, -0.05) is 42.5 Å². The Balaban J connectivity index is 1.82. The van der Waals surface area contributed by atoms with Crippen molar-refractivity contribution < 1.29 is 18.0 Å². The third-order valence-electron chi connectivity index (χ3n) is 4.39. The third kappa shape index (κ3) is 3.80. The van der Waals surface area contributed by atoms with E-state index in [1.54, 1.807) is 48.7 Å². The van der Waals surface area contributed by atoms with Crippen LogP contribution in [0.5, 0.6) is 0 Å². The molecule has 4 rings (SSSR count). The van der Waals surface area contributed by atoms with Crippen LogP contribution in [0.2, 0.25) is 0 Å². The normalized spacial score (nSPS) is 11.4. The molecule has 1 amide bonds. The fourth-order valence-corrected chi connectivity index (χ4v) is 3.09. The molecule has 0 aliphatic carbocycles. The summed E-state index contributed by atoms with van der Waals surface area (Å²) >= 11 is 0. The maximum Gasteiger partial charge on any atom is 0.417 e. The van der Waals surface area contributed by atoms with Crippen molar-refractivity contribution >= 4 is 22.5 Å². The summed E-state index contributed by atoms with van der Waals surface area (Å²) in [4.78, 5) is 20.8. The Kier molecular flexibility index (Phi) is 4.72. The Morgan fingerprint density at radius 1 is 0.862 bits per heavy atom. The van der Waals surface area contributed by atoms with Crippen molar-refractivity contribution in [3.8, 4) is 11.1 Å². The molecule has 4 nitrogen and oxygen atoms in total. The smallest absolute Gasteiger partial charge is 0.319 e. The fourth-order valence-electron chi connectivity index (χ4n) is 3.09. The van der Waals surface area contributed by atoms with E-state index in [4.69, 9.17) is 0 Å². The van der Waals surface area contributed by atoms with Crippen LogP contribution < -0.4 is 5.32 Å². The minimum absolute atomic E-state index is 0.0166. The number of amides is 1. The van der Waals surface area contributed by atoms with Crippen LogP contribution in [-0.2, 0) is 6.18 Å². The summed E-state index contributed by atoms with van der Waals surface area (Å²) < 4.78 is 40.5. The number of hydrogen-bond donors (Lipinski definition) is 1. The molecule has 4 aromatic rings. The minimum atomic E-state index is -4.51. The van der Waals surface area contributed by atoms with Crippen LogP contribution in [0, 0.1) is 0 Å². The molecule has 2 aromatic carbocycles. The van der Waals surface area contributed by atoms with Gasteiger partial charge in [-0.3, -0.25) is 9.78 Å². The van der Waals surface area contributed by atoms with Crippen molar-refractivity contribution in [3.05, 3.63) is 90.4 Å². The van der Waals surface area contributed by atoms with Gasteiger partial charge in [-0.25, -0.2) is 4.98 Å². The molecule has 2 heterocycles. The van der Waals surface area contributed by atoms with Crippen LogP contribution in [-0.4, -0.2) is 15.9 Å². The largest absolute Gasteiger partial charge is 0.417 e. The van der Waals surface area contributed by atoms with Gasteiger partial charge in [0.2, 0.25) is 0 Å². The highest BCUT2D eigenvalue weighted by Crippen LogP contribution is 2.38. The first-order valence-corrected chi connectivity index (χ1v) is 8.71. The molecule has 7 heteroatoms. The Bertz CT molecular complexity index is 1190. The number of halogens is 3. The SMILES string of the molecule is O=C(Nc1cccnc1)c1ccc2cccc(-c3ccccc3C(F)(F)F)c2n1. The number of carbonyl (C=O) groups excluding carboxylic acids is 1. The van der Waals surface area contributed by atoms with Crippen LogP contribution in [0.25, 0.3) is 22.0 Å². The van der Waals surface area contributed by atoms with Gasteiger partial charge in [0.05, 0.1) is 23.0 Å². The van der Waals surface area contributed by atoms with E-state index in [1.807, 2.05) is 0 Å². The summed E-state index contributed by atoms with van der Waals surface area (Å²) in [6.45, 7) is 0. The number of aromatic nitrogens is 2. The van der Waals surface area contributed by atoms with Gasteiger partial charge in [-0.15, -0.1) is 0 Å². The lowest BCUT2D eigenvalue weighted by Crippen LogP contribution is -2.14. The summed E-state index contributed by atoms with van der Waals surface area (Å²) in [5.41, 5.74) is 0.491. The molecule has 0 fully saturated rings. The Morgan fingerprint density at radius 3 is 2.41 bits per heavy atom. The first-order valence-electron chi connectivity index (χ1n) is 8.71. The van der Waals surface area contributed by atoms with Gasteiger partial charge in [0.15, 0.2) is 0 Å². The molecule has 144 valence electrons. The zero-order valence-corrected chi connectivity index (χ0v) is 14.9. The van der Waals surface area contributed by atoms with Gasteiger partial charge in [-0.2, -0.15) is 13.2 Å². The van der Waals surface area contributed by atoms with E-state index in [2.05, 4.69) is 15.3 Å². The maximum absolute atomic E-state index is 13.5. The lowest BCUT2D eigenvalue weighted by molar-refractivity contribution is -0.137. The number of fused-ring (bicyclic) bond motifs is 1. The standard InChI is InChI=1S/C22H14F3N3O/c23-22(24,25)18-9-2-1-7-16(18)17-8-3-5-14-10-11-19(28-20(14)17)21(29)27-15-6-4-12-26-13-15/h1-13H,(H,27,29). The number of nitrogens with one attached hydrogen (secondary N) is 1. The molecule has 0 saturated heterocycles. The van der Waals surface area contributed by atoms with Crippen LogP contribution in [0.1, 0.15) is 16.1 Å². The number of pyridine rings is 2. The van der Waals surface area contributed by atoms with Crippen LogP contribution in [0.3, 0.4) is 0 Å². The summed E-state index contributed by atoms with van der Waals surface area (Å²) in [5, 5.41) is 3.31. The monoisotopic (exact) mass is 393 g/mol. The van der Waals surface area contributed by atoms with E-state index in [9.17, 15) is 18.0 Å². The zero-order valence-electron chi connectivity index (χ0n) is 14.9.